The summed E-state index contributed by atoms with van der Waals surface area (Å²) < 4.78 is 10.7. The van der Waals surface area contributed by atoms with Gasteiger partial charge in [0.05, 0.1) is 26.8 Å². The Morgan fingerprint density at radius 1 is 0.941 bits per heavy atom. The highest BCUT2D eigenvalue weighted by Gasteiger charge is 2.20. The first kappa shape index (κ1) is 26.7. The Bertz CT molecular complexity index is 926. The summed E-state index contributed by atoms with van der Waals surface area (Å²) in [6, 6.07) is 13.8. The van der Waals surface area contributed by atoms with Crippen LogP contribution in [0.4, 0.5) is 5.69 Å². The Balaban J connectivity index is 1.90. The van der Waals surface area contributed by atoms with Gasteiger partial charge < -0.3 is 25.0 Å². The fourth-order valence-electron chi connectivity index (χ4n) is 3.16. The molecule has 0 heterocycles. The van der Waals surface area contributed by atoms with Crippen molar-refractivity contribution in [3.8, 4) is 11.5 Å². The van der Waals surface area contributed by atoms with Gasteiger partial charge in [-0.2, -0.15) is 0 Å². The van der Waals surface area contributed by atoms with Gasteiger partial charge in [0.2, 0.25) is 11.8 Å². The number of hydrogen-bond acceptors (Lipinski definition) is 5. The van der Waals surface area contributed by atoms with Crippen LogP contribution in [-0.2, 0) is 9.59 Å². The number of unbranched alkanes of at least 4 members (excludes halogenated alkanes) is 1. The van der Waals surface area contributed by atoms with Crippen molar-refractivity contribution in [2.45, 2.75) is 33.6 Å². The van der Waals surface area contributed by atoms with Crippen molar-refractivity contribution in [3.63, 3.8) is 0 Å². The first-order chi connectivity index (χ1) is 16.3. The predicted molar refractivity (Wildman–Crippen MR) is 132 cm³/mol. The maximum atomic E-state index is 13.0. The molecule has 3 amide bonds. The lowest BCUT2D eigenvalue weighted by Gasteiger charge is -2.24. The molecule has 2 N–H and O–H groups in total. The van der Waals surface area contributed by atoms with Crippen LogP contribution in [0.2, 0.25) is 0 Å². The molecule has 0 saturated heterocycles. The lowest BCUT2D eigenvalue weighted by Crippen LogP contribution is -2.44. The van der Waals surface area contributed by atoms with E-state index in [9.17, 15) is 14.4 Å². The number of hydrogen-bond donors (Lipinski definition) is 2. The van der Waals surface area contributed by atoms with Gasteiger partial charge in [-0.15, -0.1) is 0 Å². The third-order valence-corrected chi connectivity index (χ3v) is 4.89. The number of benzene rings is 2. The zero-order valence-corrected chi connectivity index (χ0v) is 20.4. The van der Waals surface area contributed by atoms with Crippen LogP contribution in [0.3, 0.4) is 0 Å². The standard InChI is InChI=1S/C26H35N3O5/c1-5-6-15-34-23-11-7-20(8-12-23)26(32)29(17-19(2)3)18-25(31)27-16-24(30)28-21-9-13-22(33-4)14-10-21/h7-14,19H,5-6,15-18H2,1-4H3,(H,27,31)(H,28,30). The smallest absolute Gasteiger partial charge is 0.254 e. The highest BCUT2D eigenvalue weighted by molar-refractivity contribution is 5.98. The maximum Gasteiger partial charge on any atom is 0.254 e. The molecule has 2 aromatic rings. The molecule has 0 spiro atoms. The molecule has 0 aromatic heterocycles. The average Bonchev–Trinajstić information content (AvgIpc) is 2.83. The Labute approximate surface area is 201 Å². The van der Waals surface area contributed by atoms with E-state index in [1.54, 1.807) is 55.6 Å². The fourth-order valence-corrected chi connectivity index (χ4v) is 3.16. The molecule has 0 aliphatic heterocycles. The number of ether oxygens (including phenoxy) is 2. The zero-order valence-electron chi connectivity index (χ0n) is 20.4. The normalized spacial score (nSPS) is 10.5. The maximum absolute atomic E-state index is 13.0. The molecule has 0 radical (unpaired) electrons. The number of anilines is 1. The summed E-state index contributed by atoms with van der Waals surface area (Å²) >= 11 is 0. The Kier molecular flexibility index (Phi) is 10.9. The van der Waals surface area contributed by atoms with Crippen molar-refractivity contribution in [1.29, 1.82) is 0 Å². The van der Waals surface area contributed by atoms with Gasteiger partial charge in [0.1, 0.15) is 11.5 Å². The minimum Gasteiger partial charge on any atom is -0.497 e. The van der Waals surface area contributed by atoms with Crippen molar-refractivity contribution in [2.75, 3.05) is 38.7 Å². The second-order valence-corrected chi connectivity index (χ2v) is 8.36. The highest BCUT2D eigenvalue weighted by Crippen LogP contribution is 2.16. The highest BCUT2D eigenvalue weighted by atomic mass is 16.5. The van der Waals surface area contributed by atoms with E-state index in [-0.39, 0.29) is 30.8 Å². The fraction of sp³-hybridized carbons (Fsp3) is 0.423. The average molecular weight is 470 g/mol. The number of amides is 3. The summed E-state index contributed by atoms with van der Waals surface area (Å²) in [7, 11) is 1.56. The summed E-state index contributed by atoms with van der Waals surface area (Å²) in [6.45, 7) is 6.77. The molecule has 8 heteroatoms. The quantitative estimate of drug-likeness (QED) is 0.436. The lowest BCUT2D eigenvalue weighted by molar-refractivity contribution is -0.124. The van der Waals surface area contributed by atoms with Crippen molar-refractivity contribution < 1.29 is 23.9 Å². The number of nitrogens with one attached hydrogen (secondary N) is 2. The molecular formula is C26H35N3O5. The van der Waals surface area contributed by atoms with Gasteiger partial charge in [-0.25, -0.2) is 0 Å². The third-order valence-electron chi connectivity index (χ3n) is 4.89. The van der Waals surface area contributed by atoms with Gasteiger partial charge >= 0.3 is 0 Å². The molecule has 0 atom stereocenters. The molecule has 0 saturated carbocycles. The van der Waals surface area contributed by atoms with E-state index in [1.807, 2.05) is 13.8 Å². The van der Waals surface area contributed by atoms with E-state index in [0.717, 1.165) is 12.8 Å². The van der Waals surface area contributed by atoms with Crippen molar-refractivity contribution >= 4 is 23.4 Å². The number of nitrogens with zero attached hydrogens (tertiary/aromatic N) is 1. The van der Waals surface area contributed by atoms with E-state index >= 15 is 0 Å². The van der Waals surface area contributed by atoms with Crippen molar-refractivity contribution in [3.05, 3.63) is 54.1 Å². The SMILES string of the molecule is CCCCOc1ccc(C(=O)N(CC(=O)NCC(=O)Nc2ccc(OC)cc2)CC(C)C)cc1. The molecular weight excluding hydrogens is 434 g/mol. The van der Waals surface area contributed by atoms with Gasteiger partial charge in [0.25, 0.3) is 5.91 Å². The number of carbonyl (C=O) groups is 3. The van der Waals surface area contributed by atoms with Crippen LogP contribution in [0.5, 0.6) is 11.5 Å². The van der Waals surface area contributed by atoms with Crippen LogP contribution < -0.4 is 20.1 Å². The van der Waals surface area contributed by atoms with Crippen LogP contribution in [-0.4, -0.2) is 56.0 Å². The summed E-state index contributed by atoms with van der Waals surface area (Å²) in [4.78, 5) is 39.2. The molecule has 0 unspecified atom stereocenters. The third kappa shape index (κ3) is 9.13. The van der Waals surface area contributed by atoms with Crippen LogP contribution in [0, 0.1) is 5.92 Å². The summed E-state index contributed by atoms with van der Waals surface area (Å²) in [5.74, 6) is 0.552. The van der Waals surface area contributed by atoms with Crippen molar-refractivity contribution in [2.24, 2.45) is 5.92 Å². The van der Waals surface area contributed by atoms with E-state index in [2.05, 4.69) is 17.6 Å². The second-order valence-electron chi connectivity index (χ2n) is 8.36. The lowest BCUT2D eigenvalue weighted by atomic mass is 10.1. The van der Waals surface area contributed by atoms with Crippen LogP contribution in [0.1, 0.15) is 44.0 Å². The minimum absolute atomic E-state index is 0.137. The Hall–Kier alpha value is -3.55. The van der Waals surface area contributed by atoms with Gasteiger partial charge in [-0.3, -0.25) is 14.4 Å². The first-order valence-corrected chi connectivity index (χ1v) is 11.5. The summed E-state index contributed by atoms with van der Waals surface area (Å²) in [5, 5.41) is 5.29. The van der Waals surface area contributed by atoms with E-state index in [4.69, 9.17) is 9.47 Å². The zero-order chi connectivity index (χ0) is 24.9. The van der Waals surface area contributed by atoms with E-state index in [1.165, 1.54) is 4.90 Å². The molecule has 0 aliphatic carbocycles. The van der Waals surface area contributed by atoms with Crippen molar-refractivity contribution in [1.82, 2.24) is 10.2 Å². The molecule has 0 aliphatic rings. The van der Waals surface area contributed by atoms with Crippen LogP contribution in [0.25, 0.3) is 0 Å². The topological polar surface area (TPSA) is 97.0 Å². The summed E-state index contributed by atoms with van der Waals surface area (Å²) in [5.41, 5.74) is 1.08. The molecule has 34 heavy (non-hydrogen) atoms. The monoisotopic (exact) mass is 469 g/mol. The van der Waals surface area contributed by atoms with E-state index in [0.29, 0.717) is 35.9 Å². The molecule has 2 rings (SSSR count). The van der Waals surface area contributed by atoms with Gasteiger partial charge in [-0.05, 0) is 60.9 Å². The molecule has 0 bridgehead atoms. The first-order valence-electron chi connectivity index (χ1n) is 11.5. The molecule has 2 aromatic carbocycles. The Morgan fingerprint density at radius 3 is 2.18 bits per heavy atom. The number of carbonyl (C=O) groups excluding carboxylic acids is 3. The van der Waals surface area contributed by atoms with Crippen LogP contribution in [0.15, 0.2) is 48.5 Å². The molecule has 0 fully saturated rings. The van der Waals surface area contributed by atoms with Crippen LogP contribution >= 0.6 is 0 Å². The van der Waals surface area contributed by atoms with Gasteiger partial charge in [-0.1, -0.05) is 27.2 Å². The van der Waals surface area contributed by atoms with E-state index < -0.39 is 5.91 Å². The number of rotatable bonds is 13. The molecule has 8 nitrogen and oxygen atoms in total. The second kappa shape index (κ2) is 13.9. The van der Waals surface area contributed by atoms with Gasteiger partial charge in [0.15, 0.2) is 0 Å². The minimum atomic E-state index is -0.404. The van der Waals surface area contributed by atoms with Gasteiger partial charge in [0, 0.05) is 17.8 Å². The molecule has 184 valence electrons. The predicted octanol–water partition coefficient (Wildman–Crippen LogP) is 3.73. The summed E-state index contributed by atoms with van der Waals surface area (Å²) in [6.07, 6.45) is 2.02. The Morgan fingerprint density at radius 2 is 1.59 bits per heavy atom. The number of methoxy groups -OCH3 is 1. The largest absolute Gasteiger partial charge is 0.497 e.